The number of nitrogens with one attached hydrogen (secondary N) is 3. The minimum atomic E-state index is -3.84. The topological polar surface area (TPSA) is 148 Å². The van der Waals surface area contributed by atoms with Crippen molar-refractivity contribution in [1.82, 2.24) is 25.3 Å². The van der Waals surface area contributed by atoms with Crippen LogP contribution in [0, 0.1) is 0 Å². The first-order chi connectivity index (χ1) is 9.42. The van der Waals surface area contributed by atoms with Crippen LogP contribution >= 0.6 is 0 Å². The summed E-state index contributed by atoms with van der Waals surface area (Å²) in [5.41, 5.74) is 5.68. The lowest BCUT2D eigenvalue weighted by atomic mass is 10.6. The van der Waals surface area contributed by atoms with Gasteiger partial charge in [-0.2, -0.15) is 10.2 Å². The van der Waals surface area contributed by atoms with Gasteiger partial charge in [0.2, 0.25) is 5.91 Å². The molecule has 1 amide bonds. The number of anilines is 2. The van der Waals surface area contributed by atoms with Crippen molar-refractivity contribution in [3.05, 3.63) is 18.6 Å². The van der Waals surface area contributed by atoms with E-state index in [1.165, 1.54) is 24.1 Å². The van der Waals surface area contributed by atoms with E-state index >= 15 is 0 Å². The molecule has 20 heavy (non-hydrogen) atoms. The summed E-state index contributed by atoms with van der Waals surface area (Å²) in [7, 11) is -2.35. The van der Waals surface area contributed by atoms with E-state index in [-0.39, 0.29) is 28.9 Å². The number of carbonyl (C=O) groups excluding carboxylic acids is 1. The van der Waals surface area contributed by atoms with E-state index in [4.69, 9.17) is 5.73 Å². The summed E-state index contributed by atoms with van der Waals surface area (Å²) in [5, 5.41) is 12.2. The van der Waals surface area contributed by atoms with Gasteiger partial charge in [-0.3, -0.25) is 19.3 Å². The number of aromatic amines is 1. The van der Waals surface area contributed by atoms with Crippen molar-refractivity contribution in [2.45, 2.75) is 11.4 Å². The Hall–Kier alpha value is -2.56. The van der Waals surface area contributed by atoms with Gasteiger partial charge in [-0.1, -0.05) is 0 Å². The first-order valence-corrected chi connectivity index (χ1v) is 6.95. The average Bonchev–Trinajstić information content (AvgIpc) is 2.98. The van der Waals surface area contributed by atoms with E-state index in [1.807, 2.05) is 0 Å². The first-order valence-electron chi connectivity index (χ1n) is 5.47. The second-order valence-electron chi connectivity index (χ2n) is 3.85. The molecule has 2 rings (SSSR count). The van der Waals surface area contributed by atoms with Crippen LogP contribution in [0.3, 0.4) is 0 Å². The lowest BCUT2D eigenvalue weighted by Crippen LogP contribution is -2.23. The van der Waals surface area contributed by atoms with Crippen LogP contribution in [0.4, 0.5) is 11.5 Å². The molecule has 10 nitrogen and oxygen atoms in total. The van der Waals surface area contributed by atoms with Gasteiger partial charge in [0.15, 0.2) is 0 Å². The van der Waals surface area contributed by atoms with E-state index in [9.17, 15) is 13.2 Å². The highest BCUT2D eigenvalue weighted by Crippen LogP contribution is 2.18. The normalized spacial score (nSPS) is 11.2. The maximum absolute atomic E-state index is 12.0. The number of sulfonamides is 1. The second kappa shape index (κ2) is 5.21. The predicted molar refractivity (Wildman–Crippen MR) is 70.1 cm³/mol. The molecule has 0 fully saturated rings. The van der Waals surface area contributed by atoms with E-state index in [0.717, 1.165) is 6.20 Å². The van der Waals surface area contributed by atoms with Crippen molar-refractivity contribution in [2.24, 2.45) is 0 Å². The number of rotatable bonds is 5. The molecular formula is C9H13N7O3S. The van der Waals surface area contributed by atoms with Crippen molar-refractivity contribution in [1.29, 1.82) is 0 Å². The van der Waals surface area contributed by atoms with Gasteiger partial charge in [0.1, 0.15) is 17.3 Å². The van der Waals surface area contributed by atoms with E-state index in [2.05, 4.69) is 25.3 Å². The molecule has 0 saturated carbocycles. The average molecular weight is 299 g/mol. The Morgan fingerprint density at radius 3 is 2.85 bits per heavy atom. The number of likely N-dealkylation sites (N-methyl/N-ethyl adjacent to an activating group) is 1. The fourth-order valence-electron chi connectivity index (χ4n) is 1.44. The Labute approximate surface area is 114 Å². The monoisotopic (exact) mass is 299 g/mol. The van der Waals surface area contributed by atoms with Gasteiger partial charge in [-0.15, -0.1) is 0 Å². The number of hydrogen-bond acceptors (Lipinski definition) is 6. The highest BCUT2D eigenvalue weighted by atomic mass is 32.2. The molecule has 108 valence electrons. The molecule has 0 aromatic carbocycles. The van der Waals surface area contributed by atoms with E-state index in [0.29, 0.717) is 0 Å². The highest BCUT2D eigenvalue weighted by molar-refractivity contribution is 7.92. The zero-order chi connectivity index (χ0) is 14.8. The van der Waals surface area contributed by atoms with Crippen molar-refractivity contribution in [3.63, 3.8) is 0 Å². The van der Waals surface area contributed by atoms with Crippen LogP contribution < -0.4 is 15.8 Å². The second-order valence-corrected chi connectivity index (χ2v) is 5.50. The van der Waals surface area contributed by atoms with Crippen LogP contribution in [0.5, 0.6) is 0 Å². The molecule has 11 heteroatoms. The smallest absolute Gasteiger partial charge is 0.267 e. The predicted octanol–water partition coefficient (Wildman–Crippen LogP) is -1.26. The number of amides is 1. The van der Waals surface area contributed by atoms with Crippen molar-refractivity contribution in [2.75, 3.05) is 17.5 Å². The molecule has 0 bridgehead atoms. The number of nitrogens with two attached hydrogens (primary N) is 1. The molecular weight excluding hydrogens is 286 g/mol. The standard InChI is InChI=1S/C9H13N7O3S/c1-11-8(17)5-16-4-6(2-13-16)15-20(18,19)7-3-12-14-9(7)10/h2-4,15H,5H2,1H3,(H,11,17)(H3,10,12,14). The Morgan fingerprint density at radius 2 is 2.25 bits per heavy atom. The molecule has 0 aliphatic carbocycles. The number of nitrogens with zero attached hydrogens (tertiary/aromatic N) is 3. The maximum atomic E-state index is 12.0. The zero-order valence-electron chi connectivity index (χ0n) is 10.5. The molecule has 0 saturated heterocycles. The summed E-state index contributed by atoms with van der Waals surface area (Å²) in [6.45, 7) is -0.00786. The zero-order valence-corrected chi connectivity index (χ0v) is 11.3. The molecule has 0 spiro atoms. The Morgan fingerprint density at radius 1 is 1.50 bits per heavy atom. The van der Waals surface area contributed by atoms with Crippen molar-refractivity contribution < 1.29 is 13.2 Å². The Bertz CT molecular complexity index is 717. The van der Waals surface area contributed by atoms with Crippen molar-refractivity contribution in [3.8, 4) is 0 Å². The van der Waals surface area contributed by atoms with Crippen LogP contribution in [-0.4, -0.2) is 41.4 Å². The molecule has 0 atom stereocenters. The van der Waals surface area contributed by atoms with Crippen LogP contribution in [0.2, 0.25) is 0 Å². The maximum Gasteiger partial charge on any atom is 0.267 e. The van der Waals surface area contributed by atoms with Crippen LogP contribution in [0.15, 0.2) is 23.5 Å². The number of aromatic nitrogens is 4. The molecule has 0 unspecified atom stereocenters. The molecule has 0 aliphatic rings. The number of hydrogen-bond donors (Lipinski definition) is 4. The third-order valence-electron chi connectivity index (χ3n) is 2.39. The summed E-state index contributed by atoms with van der Waals surface area (Å²) in [5.74, 6) is -0.308. The molecule has 2 aromatic rings. The summed E-state index contributed by atoms with van der Waals surface area (Å²) in [4.78, 5) is 11.0. The van der Waals surface area contributed by atoms with Gasteiger partial charge in [-0.05, 0) is 0 Å². The van der Waals surface area contributed by atoms with Gasteiger partial charge in [-0.25, -0.2) is 8.42 Å². The molecule has 5 N–H and O–H groups in total. The minimum absolute atomic E-state index is 0.00786. The van der Waals surface area contributed by atoms with Gasteiger partial charge in [0, 0.05) is 13.2 Å². The van der Waals surface area contributed by atoms with E-state index in [1.54, 1.807) is 0 Å². The number of carbonyl (C=O) groups is 1. The number of H-pyrrole nitrogens is 1. The minimum Gasteiger partial charge on any atom is -0.383 e. The fraction of sp³-hybridized carbons (Fsp3) is 0.222. The number of nitrogen functional groups attached to an aromatic ring is 1. The lowest BCUT2D eigenvalue weighted by molar-refractivity contribution is -0.121. The van der Waals surface area contributed by atoms with Crippen molar-refractivity contribution >= 4 is 27.4 Å². The largest absolute Gasteiger partial charge is 0.383 e. The van der Waals surface area contributed by atoms with Crippen LogP contribution in [-0.2, 0) is 21.4 Å². The molecule has 2 aromatic heterocycles. The lowest BCUT2D eigenvalue weighted by Gasteiger charge is -2.03. The highest BCUT2D eigenvalue weighted by Gasteiger charge is 2.20. The third-order valence-corrected chi connectivity index (χ3v) is 3.80. The third kappa shape index (κ3) is 2.88. The SMILES string of the molecule is CNC(=O)Cn1cc(NS(=O)(=O)c2cn[nH]c2N)cn1. The fourth-order valence-corrected chi connectivity index (χ4v) is 2.49. The Balaban J connectivity index is 2.15. The first kappa shape index (κ1) is 13.9. The Kier molecular flexibility index (Phi) is 3.61. The summed E-state index contributed by atoms with van der Waals surface area (Å²) in [6.07, 6.45) is 3.78. The van der Waals surface area contributed by atoms with Gasteiger partial charge in [0.25, 0.3) is 10.0 Å². The molecule has 0 radical (unpaired) electrons. The van der Waals surface area contributed by atoms with Gasteiger partial charge >= 0.3 is 0 Å². The summed E-state index contributed by atoms with van der Waals surface area (Å²) >= 11 is 0. The molecule has 2 heterocycles. The van der Waals surface area contributed by atoms with Crippen LogP contribution in [0.25, 0.3) is 0 Å². The van der Waals surface area contributed by atoms with Crippen LogP contribution in [0.1, 0.15) is 0 Å². The van der Waals surface area contributed by atoms with Gasteiger partial charge in [0.05, 0.1) is 18.1 Å². The van der Waals surface area contributed by atoms with E-state index < -0.39 is 10.0 Å². The van der Waals surface area contributed by atoms with Gasteiger partial charge < -0.3 is 11.1 Å². The molecule has 0 aliphatic heterocycles. The summed E-state index contributed by atoms with van der Waals surface area (Å²) in [6, 6.07) is 0. The quantitative estimate of drug-likeness (QED) is 0.541. The summed E-state index contributed by atoms with van der Waals surface area (Å²) < 4.78 is 27.6.